The van der Waals surface area contributed by atoms with Crippen LogP contribution in [0.25, 0.3) is 0 Å². The Hall–Kier alpha value is -2.08. The minimum atomic E-state index is -0.488. The molecule has 0 unspecified atom stereocenters. The van der Waals surface area contributed by atoms with E-state index in [2.05, 4.69) is 21.2 Å². The number of ether oxygens (including phenoxy) is 2. The van der Waals surface area contributed by atoms with E-state index in [9.17, 15) is 9.18 Å². The third kappa shape index (κ3) is 3.52. The van der Waals surface area contributed by atoms with Gasteiger partial charge in [0.15, 0.2) is 11.6 Å². The van der Waals surface area contributed by atoms with Gasteiger partial charge in [0.25, 0.3) is 5.91 Å². The van der Waals surface area contributed by atoms with Crippen LogP contribution in [-0.4, -0.2) is 20.1 Å². The fourth-order valence-corrected chi connectivity index (χ4v) is 2.17. The van der Waals surface area contributed by atoms with Crippen LogP contribution in [0.5, 0.6) is 11.5 Å². The van der Waals surface area contributed by atoms with Crippen LogP contribution in [0.4, 0.5) is 10.1 Å². The zero-order valence-corrected chi connectivity index (χ0v) is 13.0. The first-order valence-corrected chi connectivity index (χ1v) is 6.83. The number of benzene rings is 2. The van der Waals surface area contributed by atoms with Crippen LogP contribution in [0.2, 0.25) is 0 Å². The van der Waals surface area contributed by atoms with Gasteiger partial charge in [-0.2, -0.15) is 0 Å². The molecule has 0 aliphatic rings. The van der Waals surface area contributed by atoms with Crippen molar-refractivity contribution in [3.05, 3.63) is 52.3 Å². The molecule has 0 spiro atoms. The summed E-state index contributed by atoms with van der Waals surface area (Å²) < 4.78 is 23.9. The molecule has 6 heteroatoms. The first-order chi connectivity index (χ1) is 10.0. The minimum absolute atomic E-state index is 0.0671. The number of rotatable bonds is 4. The Morgan fingerprint density at radius 2 is 1.90 bits per heavy atom. The molecule has 0 saturated carbocycles. The maximum Gasteiger partial charge on any atom is 0.256 e. The van der Waals surface area contributed by atoms with Gasteiger partial charge in [-0.15, -0.1) is 0 Å². The second-order valence-corrected chi connectivity index (χ2v) is 5.00. The number of halogens is 2. The van der Waals surface area contributed by atoms with Gasteiger partial charge in [-0.05, 0) is 46.3 Å². The first-order valence-electron chi connectivity index (χ1n) is 6.03. The average molecular weight is 354 g/mol. The molecule has 2 aromatic rings. The van der Waals surface area contributed by atoms with Gasteiger partial charge in [-0.3, -0.25) is 4.79 Å². The van der Waals surface area contributed by atoms with Crippen LogP contribution in [0.3, 0.4) is 0 Å². The number of anilines is 1. The fourth-order valence-electron chi connectivity index (χ4n) is 1.74. The summed E-state index contributed by atoms with van der Waals surface area (Å²) in [4.78, 5) is 12.3. The molecule has 21 heavy (non-hydrogen) atoms. The van der Waals surface area contributed by atoms with E-state index in [-0.39, 0.29) is 11.7 Å². The van der Waals surface area contributed by atoms with Crippen molar-refractivity contribution in [2.24, 2.45) is 0 Å². The Labute approximate surface area is 130 Å². The van der Waals surface area contributed by atoms with Crippen molar-refractivity contribution in [1.82, 2.24) is 0 Å². The van der Waals surface area contributed by atoms with E-state index in [4.69, 9.17) is 9.47 Å². The Balaban J connectivity index is 2.25. The summed E-state index contributed by atoms with van der Waals surface area (Å²) in [5, 5.41) is 2.68. The zero-order chi connectivity index (χ0) is 15.4. The lowest BCUT2D eigenvalue weighted by Gasteiger charge is -2.10. The van der Waals surface area contributed by atoms with Gasteiger partial charge in [-0.25, -0.2) is 4.39 Å². The first kappa shape index (κ1) is 15.3. The Kier molecular flexibility index (Phi) is 4.80. The van der Waals surface area contributed by atoms with Crippen LogP contribution in [0.15, 0.2) is 40.9 Å². The van der Waals surface area contributed by atoms with Crippen molar-refractivity contribution < 1.29 is 18.7 Å². The van der Waals surface area contributed by atoms with Crippen molar-refractivity contribution in [3.8, 4) is 11.5 Å². The Morgan fingerprint density at radius 1 is 1.14 bits per heavy atom. The fraction of sp³-hybridized carbons (Fsp3) is 0.133. The number of carbonyl (C=O) groups excluding carboxylic acids is 1. The minimum Gasteiger partial charge on any atom is -0.497 e. The number of nitrogens with one attached hydrogen (secondary N) is 1. The monoisotopic (exact) mass is 353 g/mol. The van der Waals surface area contributed by atoms with Crippen LogP contribution in [0, 0.1) is 5.82 Å². The van der Waals surface area contributed by atoms with E-state index < -0.39 is 5.82 Å². The van der Waals surface area contributed by atoms with Crippen LogP contribution in [-0.2, 0) is 0 Å². The molecule has 0 aliphatic carbocycles. The SMILES string of the molecule is COc1ccc(Br)c(C(=O)Nc2ccc(F)c(OC)c2)c1. The standard InChI is InChI=1S/C15H13BrFNO3/c1-20-10-4-5-12(16)11(8-10)15(19)18-9-3-6-13(17)14(7-9)21-2/h3-8H,1-2H3,(H,18,19). The highest BCUT2D eigenvalue weighted by molar-refractivity contribution is 9.10. The van der Waals surface area contributed by atoms with E-state index in [0.29, 0.717) is 21.5 Å². The molecule has 0 bridgehead atoms. The molecular weight excluding hydrogens is 341 g/mol. The number of hydrogen-bond acceptors (Lipinski definition) is 3. The lowest BCUT2D eigenvalue weighted by Crippen LogP contribution is -2.13. The summed E-state index contributed by atoms with van der Waals surface area (Å²) in [7, 11) is 2.89. The van der Waals surface area contributed by atoms with Gasteiger partial charge in [0, 0.05) is 16.2 Å². The topological polar surface area (TPSA) is 47.6 Å². The molecule has 0 atom stereocenters. The van der Waals surface area contributed by atoms with E-state index >= 15 is 0 Å². The Morgan fingerprint density at radius 3 is 2.57 bits per heavy atom. The lowest BCUT2D eigenvalue weighted by atomic mass is 10.2. The van der Waals surface area contributed by atoms with Crippen molar-refractivity contribution >= 4 is 27.5 Å². The quantitative estimate of drug-likeness (QED) is 0.907. The predicted octanol–water partition coefficient (Wildman–Crippen LogP) is 3.86. The highest BCUT2D eigenvalue weighted by Crippen LogP contribution is 2.25. The summed E-state index contributed by atoms with van der Waals surface area (Å²) in [5.41, 5.74) is 0.852. The van der Waals surface area contributed by atoms with Gasteiger partial charge < -0.3 is 14.8 Å². The maximum absolute atomic E-state index is 13.3. The maximum atomic E-state index is 13.3. The highest BCUT2D eigenvalue weighted by Gasteiger charge is 2.13. The van der Waals surface area contributed by atoms with Gasteiger partial charge in [0.1, 0.15) is 5.75 Å². The van der Waals surface area contributed by atoms with Gasteiger partial charge in [0.2, 0.25) is 0 Å². The molecular formula is C15H13BrFNO3. The van der Waals surface area contributed by atoms with Gasteiger partial charge in [-0.1, -0.05) is 0 Å². The summed E-state index contributed by atoms with van der Waals surface area (Å²) >= 11 is 3.31. The molecule has 0 aromatic heterocycles. The van der Waals surface area contributed by atoms with E-state index in [1.54, 1.807) is 18.2 Å². The summed E-state index contributed by atoms with van der Waals surface area (Å²) in [5.74, 6) is -0.190. The molecule has 4 nitrogen and oxygen atoms in total. The van der Waals surface area contributed by atoms with E-state index in [0.717, 1.165) is 0 Å². The zero-order valence-electron chi connectivity index (χ0n) is 11.4. The number of carbonyl (C=O) groups is 1. The second-order valence-electron chi connectivity index (χ2n) is 4.15. The third-order valence-electron chi connectivity index (χ3n) is 2.83. The largest absolute Gasteiger partial charge is 0.497 e. The van der Waals surface area contributed by atoms with Crippen molar-refractivity contribution in [3.63, 3.8) is 0 Å². The van der Waals surface area contributed by atoms with Crippen molar-refractivity contribution in [2.75, 3.05) is 19.5 Å². The van der Waals surface area contributed by atoms with E-state index in [1.807, 2.05) is 0 Å². The van der Waals surface area contributed by atoms with Gasteiger partial charge in [0.05, 0.1) is 19.8 Å². The molecule has 0 radical (unpaired) electrons. The van der Waals surface area contributed by atoms with Crippen LogP contribution in [0.1, 0.15) is 10.4 Å². The number of methoxy groups -OCH3 is 2. The lowest BCUT2D eigenvalue weighted by molar-refractivity contribution is 0.102. The molecule has 0 aliphatic heterocycles. The molecule has 1 N–H and O–H groups in total. The van der Waals surface area contributed by atoms with Crippen molar-refractivity contribution in [1.29, 1.82) is 0 Å². The van der Waals surface area contributed by atoms with E-state index in [1.165, 1.54) is 32.4 Å². The average Bonchev–Trinajstić information content (AvgIpc) is 2.49. The highest BCUT2D eigenvalue weighted by atomic mass is 79.9. The van der Waals surface area contributed by atoms with Crippen LogP contribution < -0.4 is 14.8 Å². The molecule has 110 valence electrons. The summed E-state index contributed by atoms with van der Waals surface area (Å²) in [6, 6.07) is 9.18. The number of amides is 1. The van der Waals surface area contributed by atoms with Gasteiger partial charge >= 0.3 is 0 Å². The predicted molar refractivity (Wildman–Crippen MR) is 81.6 cm³/mol. The van der Waals surface area contributed by atoms with Crippen molar-refractivity contribution in [2.45, 2.75) is 0 Å². The van der Waals surface area contributed by atoms with Crippen LogP contribution >= 0.6 is 15.9 Å². The summed E-state index contributed by atoms with van der Waals surface area (Å²) in [6.45, 7) is 0. The smallest absolute Gasteiger partial charge is 0.256 e. The molecule has 0 fully saturated rings. The molecule has 1 amide bonds. The summed E-state index contributed by atoms with van der Waals surface area (Å²) in [6.07, 6.45) is 0. The number of hydrogen-bond donors (Lipinski definition) is 1. The molecule has 0 saturated heterocycles. The molecule has 2 rings (SSSR count). The molecule has 0 heterocycles. The molecule has 2 aromatic carbocycles. The Bertz CT molecular complexity index is 676. The normalized spacial score (nSPS) is 10.1. The third-order valence-corrected chi connectivity index (χ3v) is 3.52. The second kappa shape index (κ2) is 6.58.